The maximum Gasteiger partial charge on any atom is 0.313 e. The average molecular weight is 353 g/mol. The average Bonchev–Trinajstić information content (AvgIpc) is 3.06. The van der Waals surface area contributed by atoms with Crippen molar-refractivity contribution in [3.63, 3.8) is 0 Å². The van der Waals surface area contributed by atoms with Crippen LogP contribution in [-0.4, -0.2) is 33.5 Å². The van der Waals surface area contributed by atoms with E-state index in [4.69, 9.17) is 0 Å². The van der Waals surface area contributed by atoms with Crippen molar-refractivity contribution in [2.45, 2.75) is 84.3 Å². The summed E-state index contributed by atoms with van der Waals surface area (Å²) in [6.45, 7) is 5.49. The standard InChI is InChI=1S/C21H36O4/c1-4-5-13-19(17-10-6-7-11-17)21(3,20(24)25)15-14-18(23)12-8-9-16(2)22/h4-5,14-19,22-23H,6-13H2,1-3H3,(H,24,25)/b5-4-,15-14?/t16?,18?,19-,21-/m0/s1. The third-order valence-electron chi connectivity index (χ3n) is 5.61. The number of allylic oxidation sites excluding steroid dienone is 2. The lowest BCUT2D eigenvalue weighted by Gasteiger charge is -2.35. The fourth-order valence-electron chi connectivity index (χ4n) is 3.95. The minimum absolute atomic E-state index is 0.0459. The minimum atomic E-state index is -0.972. The lowest BCUT2D eigenvalue weighted by atomic mass is 9.68. The first-order valence-electron chi connectivity index (χ1n) is 9.71. The van der Waals surface area contributed by atoms with Gasteiger partial charge in [-0.25, -0.2) is 0 Å². The molecule has 3 N–H and O–H groups in total. The van der Waals surface area contributed by atoms with Crippen molar-refractivity contribution in [1.29, 1.82) is 0 Å². The third kappa shape index (κ3) is 6.95. The molecule has 0 aromatic rings. The first kappa shape index (κ1) is 21.9. The Balaban J connectivity index is 2.86. The molecule has 0 radical (unpaired) electrons. The van der Waals surface area contributed by atoms with Gasteiger partial charge >= 0.3 is 5.97 Å². The van der Waals surface area contributed by atoms with E-state index in [1.165, 1.54) is 12.8 Å². The summed E-state index contributed by atoms with van der Waals surface area (Å²) in [6, 6.07) is 0. The summed E-state index contributed by atoms with van der Waals surface area (Å²) < 4.78 is 0. The summed E-state index contributed by atoms with van der Waals surface area (Å²) in [4.78, 5) is 12.1. The first-order valence-corrected chi connectivity index (χ1v) is 9.71. The number of hydrogen-bond donors (Lipinski definition) is 3. The van der Waals surface area contributed by atoms with E-state index < -0.39 is 17.5 Å². The number of aliphatic hydroxyl groups excluding tert-OH is 2. The van der Waals surface area contributed by atoms with Gasteiger partial charge in [0.25, 0.3) is 0 Å². The molecule has 0 bridgehead atoms. The molecule has 1 fully saturated rings. The van der Waals surface area contributed by atoms with Gasteiger partial charge in [-0.05, 0) is 58.3 Å². The molecule has 2 unspecified atom stereocenters. The largest absolute Gasteiger partial charge is 0.481 e. The summed E-state index contributed by atoms with van der Waals surface area (Å²) in [5.74, 6) is -0.347. The van der Waals surface area contributed by atoms with E-state index in [-0.39, 0.29) is 12.0 Å². The zero-order valence-electron chi connectivity index (χ0n) is 16.0. The van der Waals surface area contributed by atoms with Crippen LogP contribution in [0.1, 0.15) is 72.1 Å². The van der Waals surface area contributed by atoms with Crippen LogP contribution in [0.15, 0.2) is 24.3 Å². The second-order valence-corrected chi connectivity index (χ2v) is 7.75. The molecule has 4 atom stereocenters. The normalized spacial score (nSPS) is 22.3. The van der Waals surface area contributed by atoms with E-state index in [9.17, 15) is 20.1 Å². The van der Waals surface area contributed by atoms with Gasteiger partial charge in [-0.3, -0.25) is 4.79 Å². The Bertz CT molecular complexity index is 449. The molecular weight excluding hydrogens is 316 g/mol. The van der Waals surface area contributed by atoms with Crippen LogP contribution in [0.3, 0.4) is 0 Å². The van der Waals surface area contributed by atoms with E-state index in [2.05, 4.69) is 6.08 Å². The van der Waals surface area contributed by atoms with E-state index >= 15 is 0 Å². The molecule has 144 valence electrons. The van der Waals surface area contributed by atoms with Crippen molar-refractivity contribution in [1.82, 2.24) is 0 Å². The number of aliphatic carboxylic acids is 1. The maximum absolute atomic E-state index is 12.1. The molecule has 0 aromatic carbocycles. The van der Waals surface area contributed by atoms with E-state index in [0.29, 0.717) is 18.8 Å². The summed E-state index contributed by atoms with van der Waals surface area (Å²) in [5.41, 5.74) is -0.972. The van der Waals surface area contributed by atoms with Gasteiger partial charge in [-0.1, -0.05) is 50.0 Å². The SMILES string of the molecule is C/C=C\C[C@@H](C1CCCC1)[C@](C)(C=CC(O)CCCC(C)O)C(=O)O. The predicted octanol–water partition coefficient (Wildman–Crippen LogP) is 4.32. The van der Waals surface area contributed by atoms with Gasteiger partial charge in [-0.2, -0.15) is 0 Å². The predicted molar refractivity (Wildman–Crippen MR) is 101 cm³/mol. The maximum atomic E-state index is 12.1. The highest BCUT2D eigenvalue weighted by Crippen LogP contribution is 2.44. The van der Waals surface area contributed by atoms with Crippen LogP contribution < -0.4 is 0 Å². The van der Waals surface area contributed by atoms with E-state index in [1.807, 2.05) is 13.0 Å². The van der Waals surface area contributed by atoms with Crippen molar-refractivity contribution in [3.8, 4) is 0 Å². The van der Waals surface area contributed by atoms with Crippen molar-refractivity contribution in [2.75, 3.05) is 0 Å². The highest BCUT2D eigenvalue weighted by Gasteiger charge is 2.43. The van der Waals surface area contributed by atoms with Gasteiger partial charge in [0.05, 0.1) is 17.6 Å². The molecule has 4 heteroatoms. The van der Waals surface area contributed by atoms with Crippen LogP contribution >= 0.6 is 0 Å². The third-order valence-corrected chi connectivity index (χ3v) is 5.61. The second-order valence-electron chi connectivity index (χ2n) is 7.75. The highest BCUT2D eigenvalue weighted by atomic mass is 16.4. The molecule has 4 nitrogen and oxygen atoms in total. The van der Waals surface area contributed by atoms with Crippen LogP contribution in [0, 0.1) is 17.3 Å². The molecule has 0 spiro atoms. The Labute approximate surface area is 152 Å². The topological polar surface area (TPSA) is 77.8 Å². The van der Waals surface area contributed by atoms with Crippen LogP contribution in [0.25, 0.3) is 0 Å². The Kier molecular flexibility index (Phi) is 9.44. The van der Waals surface area contributed by atoms with Gasteiger partial charge in [0.2, 0.25) is 0 Å². The fraction of sp³-hybridized carbons (Fsp3) is 0.762. The van der Waals surface area contributed by atoms with Crippen molar-refractivity contribution in [2.24, 2.45) is 17.3 Å². The summed E-state index contributed by atoms with van der Waals surface area (Å²) in [5, 5.41) is 29.4. The molecule has 1 rings (SSSR count). The number of carbonyl (C=O) groups is 1. The van der Waals surface area contributed by atoms with Gasteiger partial charge in [0.1, 0.15) is 0 Å². The molecule has 1 aliphatic rings. The van der Waals surface area contributed by atoms with Crippen molar-refractivity contribution < 1.29 is 20.1 Å². The molecule has 25 heavy (non-hydrogen) atoms. The lowest BCUT2D eigenvalue weighted by molar-refractivity contribution is -0.149. The monoisotopic (exact) mass is 352 g/mol. The number of carboxylic acids is 1. The Hall–Kier alpha value is -1.13. The zero-order valence-corrected chi connectivity index (χ0v) is 16.0. The number of rotatable bonds is 11. The van der Waals surface area contributed by atoms with Gasteiger partial charge in [0.15, 0.2) is 0 Å². The molecule has 0 aromatic heterocycles. The first-order chi connectivity index (χ1) is 11.8. The van der Waals surface area contributed by atoms with Crippen LogP contribution in [0.4, 0.5) is 0 Å². The van der Waals surface area contributed by atoms with Crippen LogP contribution in [0.5, 0.6) is 0 Å². The van der Waals surface area contributed by atoms with Gasteiger partial charge in [-0.15, -0.1) is 0 Å². The summed E-state index contributed by atoms with van der Waals surface area (Å²) in [6.07, 6.45) is 13.6. The summed E-state index contributed by atoms with van der Waals surface area (Å²) >= 11 is 0. The zero-order chi connectivity index (χ0) is 18.9. The number of aliphatic hydroxyl groups is 2. The van der Waals surface area contributed by atoms with Crippen molar-refractivity contribution >= 4 is 5.97 Å². The fourth-order valence-corrected chi connectivity index (χ4v) is 3.95. The molecule has 0 heterocycles. The Morgan fingerprint density at radius 1 is 1.24 bits per heavy atom. The van der Waals surface area contributed by atoms with E-state index in [0.717, 1.165) is 25.7 Å². The minimum Gasteiger partial charge on any atom is -0.481 e. The molecule has 0 amide bonds. The number of carboxylic acid groups (broad SMARTS) is 1. The molecule has 1 saturated carbocycles. The molecule has 1 aliphatic carbocycles. The van der Waals surface area contributed by atoms with Gasteiger partial charge < -0.3 is 15.3 Å². The molecule has 0 saturated heterocycles. The van der Waals surface area contributed by atoms with Crippen LogP contribution in [0.2, 0.25) is 0 Å². The van der Waals surface area contributed by atoms with Crippen LogP contribution in [-0.2, 0) is 4.79 Å². The highest BCUT2D eigenvalue weighted by molar-refractivity contribution is 5.77. The Morgan fingerprint density at radius 2 is 1.88 bits per heavy atom. The van der Waals surface area contributed by atoms with Crippen molar-refractivity contribution in [3.05, 3.63) is 24.3 Å². The Morgan fingerprint density at radius 3 is 2.40 bits per heavy atom. The lowest BCUT2D eigenvalue weighted by Crippen LogP contribution is -2.38. The molecular formula is C21H36O4. The smallest absolute Gasteiger partial charge is 0.313 e. The quantitative estimate of drug-likeness (QED) is 0.484. The summed E-state index contributed by atoms with van der Waals surface area (Å²) in [7, 11) is 0. The van der Waals surface area contributed by atoms with Gasteiger partial charge in [0, 0.05) is 0 Å². The number of hydrogen-bond acceptors (Lipinski definition) is 3. The second kappa shape index (κ2) is 10.8. The van der Waals surface area contributed by atoms with E-state index in [1.54, 1.807) is 26.0 Å². The molecule has 0 aliphatic heterocycles.